The van der Waals surface area contributed by atoms with Crippen LogP contribution < -0.4 is 0 Å². The van der Waals surface area contributed by atoms with E-state index in [1.807, 2.05) is 24.3 Å². The predicted octanol–water partition coefficient (Wildman–Crippen LogP) is 7.56. The zero-order valence-corrected chi connectivity index (χ0v) is 24.5. The summed E-state index contributed by atoms with van der Waals surface area (Å²) < 4.78 is 0. The molecule has 3 rings (SSSR count). The van der Waals surface area contributed by atoms with E-state index in [9.17, 15) is 15.3 Å². The first-order valence-electron chi connectivity index (χ1n) is 10.5. The second-order valence-corrected chi connectivity index (χ2v) is 12.2. The summed E-state index contributed by atoms with van der Waals surface area (Å²) in [6.07, 6.45) is 1.35. The molecule has 0 heterocycles. The Hall–Kier alpha value is -1.02. The number of rotatable bonds is 9. The van der Waals surface area contributed by atoms with E-state index in [0.717, 1.165) is 38.5 Å². The van der Waals surface area contributed by atoms with Crippen LogP contribution in [0.1, 0.15) is 34.7 Å². The molecule has 3 aromatic rings. The Morgan fingerprint density at radius 2 is 1.06 bits per heavy atom. The Bertz CT molecular complexity index is 1020. The second-order valence-electron chi connectivity index (χ2n) is 8.27. The maximum Gasteiger partial charge on any atom is 0.118 e. The fraction of sp³-hybridized carbons (Fsp3) is 0.308. The molecule has 0 spiro atoms. The Labute approximate surface area is 228 Å². The average Bonchev–Trinajstić information content (AvgIpc) is 2.81. The molecule has 2 atom stereocenters. The Morgan fingerprint density at radius 1 is 0.667 bits per heavy atom. The number of benzene rings is 3. The van der Waals surface area contributed by atoms with Crippen LogP contribution in [0.25, 0.3) is 0 Å². The molecule has 176 valence electrons. The Kier molecular flexibility index (Phi) is 9.35. The summed E-state index contributed by atoms with van der Waals surface area (Å²) in [6.45, 7) is 2.14. The number of hydrogen-bond donors (Lipinski definition) is 3. The van der Waals surface area contributed by atoms with Gasteiger partial charge in [0.25, 0.3) is 0 Å². The highest BCUT2D eigenvalue weighted by Crippen LogP contribution is 2.42. The highest BCUT2D eigenvalue weighted by Gasteiger charge is 2.33. The molecule has 3 nitrogen and oxygen atoms in total. The summed E-state index contributed by atoms with van der Waals surface area (Å²) in [6, 6.07) is 18.7. The van der Waals surface area contributed by atoms with Crippen LogP contribution in [0.4, 0.5) is 0 Å². The van der Waals surface area contributed by atoms with Crippen LogP contribution in [0.2, 0.25) is 0 Å². The third-order valence-corrected chi connectivity index (χ3v) is 10.6. The van der Waals surface area contributed by atoms with E-state index < -0.39 is 5.41 Å². The molecule has 3 aromatic carbocycles. The van der Waals surface area contributed by atoms with Gasteiger partial charge in [0.1, 0.15) is 17.2 Å². The number of phenolic OH excluding ortho intramolecular Hbond substituents is 3. The van der Waals surface area contributed by atoms with Gasteiger partial charge in [-0.2, -0.15) is 0 Å². The summed E-state index contributed by atoms with van der Waals surface area (Å²) in [5.74, 6) is 0.740. The Morgan fingerprint density at radius 3 is 1.45 bits per heavy atom. The van der Waals surface area contributed by atoms with Gasteiger partial charge in [0, 0.05) is 25.7 Å². The number of hydrogen-bond acceptors (Lipinski definition) is 3. The molecule has 0 bridgehead atoms. The van der Waals surface area contributed by atoms with Crippen molar-refractivity contribution in [2.45, 2.75) is 34.8 Å². The molecule has 0 saturated heterocycles. The van der Waals surface area contributed by atoms with Crippen molar-refractivity contribution in [2.75, 3.05) is 10.7 Å². The standard InChI is InChI=1S/C26H26Br4O3/c1-26(18-2-6-23(31)7-3-18,19-4-8-24(32)16(10-19)12-21(29)14-27)20-5-9-25(33)17(11-20)13-22(30)15-28/h2-11,21-22,31-33H,12-15H2,1H3. The van der Waals surface area contributed by atoms with Crippen molar-refractivity contribution in [1.29, 1.82) is 0 Å². The van der Waals surface area contributed by atoms with Crippen molar-refractivity contribution < 1.29 is 15.3 Å². The van der Waals surface area contributed by atoms with E-state index in [4.69, 9.17) is 0 Å². The van der Waals surface area contributed by atoms with Crippen LogP contribution >= 0.6 is 63.7 Å². The van der Waals surface area contributed by atoms with Gasteiger partial charge in [-0.25, -0.2) is 0 Å². The molecular weight excluding hydrogens is 680 g/mol. The van der Waals surface area contributed by atoms with Crippen molar-refractivity contribution >= 4 is 63.7 Å². The van der Waals surface area contributed by atoms with E-state index in [1.54, 1.807) is 24.3 Å². The molecule has 0 aliphatic rings. The zero-order valence-electron chi connectivity index (χ0n) is 18.1. The molecular formula is C26H26Br4O3. The molecule has 33 heavy (non-hydrogen) atoms. The largest absolute Gasteiger partial charge is 0.508 e. The summed E-state index contributed by atoms with van der Waals surface area (Å²) in [5.41, 5.74) is 4.17. The fourth-order valence-corrected chi connectivity index (χ4v) is 5.16. The monoisotopic (exact) mass is 702 g/mol. The van der Waals surface area contributed by atoms with Crippen LogP contribution in [-0.4, -0.2) is 35.6 Å². The lowest BCUT2D eigenvalue weighted by Crippen LogP contribution is -2.26. The molecule has 0 amide bonds. The van der Waals surface area contributed by atoms with Crippen molar-refractivity contribution in [2.24, 2.45) is 0 Å². The van der Waals surface area contributed by atoms with Gasteiger partial charge in [0.15, 0.2) is 0 Å². The third kappa shape index (κ3) is 6.16. The molecule has 0 fully saturated rings. The van der Waals surface area contributed by atoms with Crippen LogP contribution in [0.15, 0.2) is 60.7 Å². The topological polar surface area (TPSA) is 60.7 Å². The minimum atomic E-state index is -0.578. The van der Waals surface area contributed by atoms with Crippen LogP contribution in [0, 0.1) is 0 Å². The molecule has 0 saturated carbocycles. The van der Waals surface area contributed by atoms with Crippen LogP contribution in [0.3, 0.4) is 0 Å². The van der Waals surface area contributed by atoms with Gasteiger partial charge in [-0.05, 0) is 71.8 Å². The van der Waals surface area contributed by atoms with Gasteiger partial charge in [-0.1, -0.05) is 100 Å². The molecule has 0 aliphatic heterocycles. The van der Waals surface area contributed by atoms with Crippen molar-refractivity contribution in [3.05, 3.63) is 88.5 Å². The zero-order chi connectivity index (χ0) is 24.2. The predicted molar refractivity (Wildman–Crippen MR) is 150 cm³/mol. The number of halogens is 4. The number of alkyl halides is 4. The van der Waals surface area contributed by atoms with Gasteiger partial charge in [-0.15, -0.1) is 0 Å². The van der Waals surface area contributed by atoms with Gasteiger partial charge in [0.2, 0.25) is 0 Å². The lowest BCUT2D eigenvalue weighted by Gasteiger charge is -2.33. The highest BCUT2D eigenvalue weighted by atomic mass is 79.9. The summed E-state index contributed by atoms with van der Waals surface area (Å²) >= 11 is 14.3. The average molecular weight is 706 g/mol. The smallest absolute Gasteiger partial charge is 0.118 e. The van der Waals surface area contributed by atoms with E-state index in [1.165, 1.54) is 0 Å². The van der Waals surface area contributed by atoms with Gasteiger partial charge >= 0.3 is 0 Å². The lowest BCUT2D eigenvalue weighted by molar-refractivity contribution is 0.466. The van der Waals surface area contributed by atoms with Gasteiger partial charge in [-0.3, -0.25) is 0 Å². The SMILES string of the molecule is CC(c1ccc(O)cc1)(c1ccc(O)c(CC(Br)CBr)c1)c1ccc(O)c(CC(Br)CBr)c1. The molecule has 3 N–H and O–H groups in total. The summed E-state index contributed by atoms with van der Waals surface area (Å²) in [5, 5.41) is 32.5. The van der Waals surface area contributed by atoms with E-state index in [2.05, 4.69) is 82.8 Å². The molecule has 0 aliphatic carbocycles. The maximum atomic E-state index is 10.5. The maximum absolute atomic E-state index is 10.5. The van der Waals surface area contributed by atoms with Gasteiger partial charge in [0.05, 0.1) is 0 Å². The third-order valence-electron chi connectivity index (χ3n) is 5.98. The number of phenols is 3. The molecule has 7 heteroatoms. The first-order valence-corrected chi connectivity index (χ1v) is 14.6. The first kappa shape index (κ1) is 26.6. The summed E-state index contributed by atoms with van der Waals surface area (Å²) in [4.78, 5) is 0.387. The number of aromatic hydroxyl groups is 3. The summed E-state index contributed by atoms with van der Waals surface area (Å²) in [7, 11) is 0. The van der Waals surface area contributed by atoms with Gasteiger partial charge < -0.3 is 15.3 Å². The first-order chi connectivity index (χ1) is 15.7. The fourth-order valence-electron chi connectivity index (χ4n) is 4.00. The molecule has 2 unspecified atom stereocenters. The minimum Gasteiger partial charge on any atom is -0.508 e. The normalized spacial score (nSPS) is 15.1. The van der Waals surface area contributed by atoms with Crippen LogP contribution in [0.5, 0.6) is 17.2 Å². The highest BCUT2D eigenvalue weighted by molar-refractivity contribution is 9.12. The van der Waals surface area contributed by atoms with Crippen molar-refractivity contribution in [1.82, 2.24) is 0 Å². The van der Waals surface area contributed by atoms with E-state index in [0.29, 0.717) is 12.8 Å². The quantitative estimate of drug-likeness (QED) is 0.159. The van der Waals surface area contributed by atoms with Crippen molar-refractivity contribution in [3.63, 3.8) is 0 Å². The molecule has 0 radical (unpaired) electrons. The minimum absolute atomic E-state index is 0.193. The van der Waals surface area contributed by atoms with E-state index >= 15 is 0 Å². The second kappa shape index (κ2) is 11.6. The van der Waals surface area contributed by atoms with Crippen LogP contribution in [-0.2, 0) is 18.3 Å². The van der Waals surface area contributed by atoms with Crippen molar-refractivity contribution in [3.8, 4) is 17.2 Å². The molecule has 0 aromatic heterocycles. The lowest BCUT2D eigenvalue weighted by atomic mass is 9.70. The Balaban J connectivity index is 2.20. The van der Waals surface area contributed by atoms with E-state index in [-0.39, 0.29) is 26.9 Å².